The normalized spacial score (nSPS) is 15.1. The summed E-state index contributed by atoms with van der Waals surface area (Å²) in [6.07, 6.45) is 0. The lowest BCUT2D eigenvalue weighted by molar-refractivity contribution is 0.587. The molecule has 0 nitrogen and oxygen atoms in total. The fraction of sp³-hybridized carbons (Fsp3) is 0.281. The van der Waals surface area contributed by atoms with Gasteiger partial charge in [0.1, 0.15) is 0 Å². The maximum atomic E-state index is 4.20. The highest BCUT2D eigenvalue weighted by Crippen LogP contribution is 2.67. The Labute approximate surface area is 411 Å². The molecule has 8 aromatic rings. The predicted molar refractivity (Wildman–Crippen MR) is 289 cm³/mol. The van der Waals surface area contributed by atoms with Crippen LogP contribution in [0.5, 0.6) is 0 Å². The third-order valence-electron chi connectivity index (χ3n) is 15.0. The summed E-state index contributed by atoms with van der Waals surface area (Å²) in [6, 6.07) is 62.2. The quantitative estimate of drug-likeness (QED) is 0.165. The summed E-state index contributed by atoms with van der Waals surface area (Å²) in [4.78, 5) is 0. The van der Waals surface area contributed by atoms with Gasteiger partial charge >= 0.3 is 0 Å². The van der Waals surface area contributed by atoms with Gasteiger partial charge < -0.3 is 0 Å². The third-order valence-corrected chi connectivity index (χ3v) is 16.2. The van der Waals surface area contributed by atoms with Gasteiger partial charge in [0.05, 0.1) is 10.8 Å². The Hall–Kier alpha value is -5.02. The molecule has 0 saturated heterocycles. The molecule has 2 aliphatic rings. The summed E-state index contributed by atoms with van der Waals surface area (Å²) in [6.45, 7) is 27.8. The van der Waals surface area contributed by atoms with E-state index in [-0.39, 0.29) is 21.7 Å². The van der Waals surface area contributed by atoms with Crippen molar-refractivity contribution >= 4 is 42.6 Å². The van der Waals surface area contributed by atoms with Crippen LogP contribution in [-0.4, -0.2) is 0 Å². The average molecular weight is 991 g/mol. The highest BCUT2D eigenvalue weighted by atomic mass is 79.9. The van der Waals surface area contributed by atoms with Crippen molar-refractivity contribution in [3.63, 3.8) is 0 Å². The molecule has 0 bridgehead atoms. The average Bonchev–Trinajstić information content (AvgIpc) is 3.73. The van der Waals surface area contributed by atoms with E-state index in [1.54, 1.807) is 0 Å². The van der Waals surface area contributed by atoms with Crippen LogP contribution < -0.4 is 0 Å². The van der Waals surface area contributed by atoms with E-state index in [0.29, 0.717) is 0 Å². The van der Waals surface area contributed by atoms with Crippen molar-refractivity contribution in [2.45, 2.75) is 116 Å². The maximum Gasteiger partial charge on any atom is 0.0717 e. The van der Waals surface area contributed by atoms with Gasteiger partial charge in [0.15, 0.2) is 0 Å². The van der Waals surface area contributed by atoms with Gasteiger partial charge in [0.25, 0.3) is 0 Å². The lowest BCUT2D eigenvalue weighted by Gasteiger charge is -2.41. The molecule has 0 fully saturated rings. The van der Waals surface area contributed by atoms with Gasteiger partial charge in [-0.05, 0) is 140 Å². The van der Waals surface area contributed by atoms with Gasteiger partial charge in [-0.1, -0.05) is 254 Å². The fourth-order valence-corrected chi connectivity index (χ4v) is 12.4. The van der Waals surface area contributed by atoms with Gasteiger partial charge in [-0.15, -0.1) is 0 Å². The fourth-order valence-electron chi connectivity index (χ4n) is 11.5. The summed E-state index contributed by atoms with van der Waals surface area (Å²) in [7, 11) is 0. The van der Waals surface area contributed by atoms with E-state index in [0.717, 1.165) is 8.95 Å². The molecule has 0 spiro atoms. The molecular formula is C64H62Br2. The van der Waals surface area contributed by atoms with Crippen molar-refractivity contribution in [1.82, 2.24) is 0 Å². The van der Waals surface area contributed by atoms with E-state index in [1.807, 2.05) is 0 Å². The van der Waals surface area contributed by atoms with E-state index in [4.69, 9.17) is 0 Å². The van der Waals surface area contributed by atoms with Crippen LogP contribution in [0.4, 0.5) is 0 Å². The van der Waals surface area contributed by atoms with E-state index >= 15 is 0 Å². The van der Waals surface area contributed by atoms with Gasteiger partial charge in [-0.3, -0.25) is 0 Å². The molecule has 0 aliphatic heterocycles. The minimum atomic E-state index is -0.712. The molecular weight excluding hydrogens is 929 g/mol. The SMILES string of the molecule is CC(C)(C)c1ccc(C2(c3ccc(C(C)(C)C)cc3)c3cc(Br)ccc3-c3ccc4c(c32)C(c2ccc(C(C)(C)C)cc2)(c2ccc(C(C)(C)C)cc2)c2cc(Br)c3ccccc3c2-4)cc1. The summed E-state index contributed by atoms with van der Waals surface area (Å²) < 4.78 is 2.19. The second-order valence-electron chi connectivity index (χ2n) is 23.2. The number of hydrogen-bond acceptors (Lipinski definition) is 0. The first-order valence-corrected chi connectivity index (χ1v) is 25.3. The molecule has 66 heavy (non-hydrogen) atoms. The standard InChI is InChI=1S/C64H62Br2/c1-59(2,3)39-17-25-43(26-18-39)63(44-27-19-40(20-28-44)60(4,5)6)53-37-47(65)33-34-48(53)51-35-36-52-56-50-16-14-13-15-49(50)55(66)38-54(56)64(58(52)57(51)63,45-29-21-41(22-30-45)61(7,8)9)46-31-23-42(24-32-46)62(10,11)12/h13-38H,1-12H3. The van der Waals surface area contributed by atoms with Crippen molar-refractivity contribution in [1.29, 1.82) is 0 Å². The van der Waals surface area contributed by atoms with Crippen LogP contribution in [-0.2, 0) is 32.5 Å². The summed E-state index contributed by atoms with van der Waals surface area (Å²) in [5, 5.41) is 2.48. The minimum absolute atomic E-state index is 0.000504. The zero-order chi connectivity index (χ0) is 46.9. The molecule has 0 N–H and O–H groups in total. The van der Waals surface area contributed by atoms with Gasteiger partial charge in [0.2, 0.25) is 0 Å². The molecule has 0 heterocycles. The molecule has 0 atom stereocenters. The second-order valence-corrected chi connectivity index (χ2v) is 25.0. The number of benzene rings is 8. The minimum Gasteiger partial charge on any atom is -0.0616 e. The Morgan fingerprint density at radius 2 is 0.682 bits per heavy atom. The molecule has 10 rings (SSSR count). The largest absolute Gasteiger partial charge is 0.0717 e. The monoisotopic (exact) mass is 988 g/mol. The summed E-state index contributed by atoms with van der Waals surface area (Å²) in [5.74, 6) is 0. The van der Waals surface area contributed by atoms with Crippen LogP contribution in [0.2, 0.25) is 0 Å². The van der Waals surface area contributed by atoms with Crippen molar-refractivity contribution in [3.05, 3.63) is 233 Å². The Kier molecular flexibility index (Phi) is 10.3. The van der Waals surface area contributed by atoms with Crippen LogP contribution in [0.15, 0.2) is 167 Å². The van der Waals surface area contributed by atoms with Gasteiger partial charge in [0, 0.05) is 8.95 Å². The molecule has 8 aromatic carbocycles. The molecule has 2 aliphatic carbocycles. The van der Waals surface area contributed by atoms with Crippen molar-refractivity contribution < 1.29 is 0 Å². The van der Waals surface area contributed by atoms with Crippen LogP contribution in [0.3, 0.4) is 0 Å². The third kappa shape index (κ3) is 6.70. The smallest absolute Gasteiger partial charge is 0.0616 e. The first-order valence-electron chi connectivity index (χ1n) is 23.7. The van der Waals surface area contributed by atoms with Gasteiger partial charge in [-0.2, -0.15) is 0 Å². The number of fused-ring (bicyclic) bond motifs is 9. The lowest BCUT2D eigenvalue weighted by Crippen LogP contribution is -2.36. The summed E-state index contributed by atoms with van der Waals surface area (Å²) >= 11 is 8.24. The Balaban J connectivity index is 1.46. The van der Waals surface area contributed by atoms with E-state index in [1.165, 1.54) is 99.8 Å². The molecule has 0 aromatic heterocycles. The second kappa shape index (κ2) is 15.2. The number of halogens is 2. The summed E-state index contributed by atoms with van der Waals surface area (Å²) in [5.41, 5.74) is 19.5. The zero-order valence-electron chi connectivity index (χ0n) is 40.8. The van der Waals surface area contributed by atoms with Crippen molar-refractivity contribution in [2.75, 3.05) is 0 Å². The van der Waals surface area contributed by atoms with E-state index in [2.05, 4.69) is 273 Å². The number of rotatable bonds is 4. The van der Waals surface area contributed by atoms with Crippen LogP contribution in [0.1, 0.15) is 150 Å². The lowest BCUT2D eigenvalue weighted by atomic mass is 9.60. The maximum absolute atomic E-state index is 4.20. The Bertz CT molecular complexity index is 3070. The first kappa shape index (κ1) is 44.8. The molecule has 0 radical (unpaired) electrons. The predicted octanol–water partition coefficient (Wildman–Crippen LogP) is 18.3. The van der Waals surface area contributed by atoms with Crippen molar-refractivity contribution in [3.8, 4) is 22.3 Å². The van der Waals surface area contributed by atoms with E-state index < -0.39 is 10.8 Å². The Morgan fingerprint density at radius 1 is 0.333 bits per heavy atom. The number of hydrogen-bond donors (Lipinski definition) is 0. The molecule has 0 amide bonds. The molecule has 0 unspecified atom stereocenters. The first-order chi connectivity index (χ1) is 31.1. The highest BCUT2D eigenvalue weighted by molar-refractivity contribution is 9.11. The zero-order valence-corrected chi connectivity index (χ0v) is 43.9. The van der Waals surface area contributed by atoms with Crippen LogP contribution in [0.25, 0.3) is 33.0 Å². The van der Waals surface area contributed by atoms with Crippen molar-refractivity contribution in [2.24, 2.45) is 0 Å². The van der Waals surface area contributed by atoms with Crippen LogP contribution >= 0.6 is 31.9 Å². The Morgan fingerprint density at radius 3 is 1.09 bits per heavy atom. The van der Waals surface area contributed by atoms with E-state index in [9.17, 15) is 0 Å². The topological polar surface area (TPSA) is 0 Å². The highest BCUT2D eigenvalue weighted by Gasteiger charge is 2.56. The van der Waals surface area contributed by atoms with Crippen LogP contribution in [0, 0.1) is 0 Å². The molecule has 2 heteroatoms. The molecule has 332 valence electrons. The van der Waals surface area contributed by atoms with Gasteiger partial charge in [-0.25, -0.2) is 0 Å². The molecule has 0 saturated carbocycles.